The van der Waals surface area contributed by atoms with Crippen molar-refractivity contribution >= 4 is 33.3 Å². The molecule has 7 heteroatoms. The zero-order valence-corrected chi connectivity index (χ0v) is 14.4. The lowest BCUT2D eigenvalue weighted by Crippen LogP contribution is -2.31. The van der Waals surface area contributed by atoms with E-state index < -0.39 is 0 Å². The summed E-state index contributed by atoms with van der Waals surface area (Å²) in [6.07, 6.45) is 0. The smallest absolute Gasteiger partial charge is 0.321 e. The minimum absolute atomic E-state index is 0.163. The summed E-state index contributed by atoms with van der Waals surface area (Å²) in [5.74, 6) is 0. The van der Waals surface area contributed by atoms with Gasteiger partial charge in [-0.3, -0.25) is 4.68 Å². The van der Waals surface area contributed by atoms with E-state index in [1.54, 1.807) is 28.0 Å². The normalized spacial score (nSPS) is 11.0. The molecule has 0 aliphatic carbocycles. The van der Waals surface area contributed by atoms with Gasteiger partial charge in [0.15, 0.2) is 0 Å². The third-order valence-electron chi connectivity index (χ3n) is 3.80. The van der Waals surface area contributed by atoms with Gasteiger partial charge in [0, 0.05) is 14.1 Å². The number of hydrogen-bond acceptors (Lipinski definition) is 4. The minimum atomic E-state index is -0.163. The molecule has 0 radical (unpaired) electrons. The van der Waals surface area contributed by atoms with Crippen molar-refractivity contribution < 1.29 is 4.79 Å². The molecule has 2 heterocycles. The van der Waals surface area contributed by atoms with Gasteiger partial charge in [0.05, 0.1) is 33.8 Å². The molecule has 0 aliphatic heterocycles. The fraction of sp³-hybridized carbons (Fsp3) is 0.312. The van der Waals surface area contributed by atoms with Crippen molar-refractivity contribution in [3.63, 3.8) is 0 Å². The Balaban J connectivity index is 1.72. The Morgan fingerprint density at radius 3 is 2.74 bits per heavy atom. The van der Waals surface area contributed by atoms with Crippen LogP contribution in [0.3, 0.4) is 0 Å². The molecular formula is C16H19N5OS. The van der Waals surface area contributed by atoms with Crippen LogP contribution < -0.4 is 5.32 Å². The molecule has 0 bridgehead atoms. The number of aryl methyl sites for hydroxylation is 2. The number of amides is 2. The highest BCUT2D eigenvalue weighted by Gasteiger charge is 2.16. The van der Waals surface area contributed by atoms with Crippen LogP contribution in [0, 0.1) is 13.8 Å². The number of urea groups is 1. The molecule has 0 fully saturated rings. The molecule has 0 saturated heterocycles. The fourth-order valence-corrected chi connectivity index (χ4v) is 3.44. The van der Waals surface area contributed by atoms with Crippen molar-refractivity contribution in [2.24, 2.45) is 7.05 Å². The maximum Gasteiger partial charge on any atom is 0.322 e. The molecule has 2 aromatic heterocycles. The fourth-order valence-electron chi connectivity index (χ4n) is 2.42. The molecule has 0 saturated carbocycles. The van der Waals surface area contributed by atoms with Gasteiger partial charge in [0.2, 0.25) is 0 Å². The van der Waals surface area contributed by atoms with E-state index in [9.17, 15) is 4.79 Å². The first-order chi connectivity index (χ1) is 11.0. The summed E-state index contributed by atoms with van der Waals surface area (Å²) >= 11 is 1.61. The molecular weight excluding hydrogens is 310 g/mol. The summed E-state index contributed by atoms with van der Waals surface area (Å²) in [6, 6.07) is 7.82. The molecule has 0 spiro atoms. The highest BCUT2D eigenvalue weighted by atomic mass is 32.1. The van der Waals surface area contributed by atoms with Gasteiger partial charge in [-0.2, -0.15) is 5.10 Å². The Labute approximate surface area is 138 Å². The highest BCUT2D eigenvalue weighted by molar-refractivity contribution is 7.18. The first kappa shape index (κ1) is 15.5. The zero-order valence-electron chi connectivity index (χ0n) is 13.6. The van der Waals surface area contributed by atoms with Gasteiger partial charge in [-0.1, -0.05) is 12.1 Å². The Bertz CT molecular complexity index is 834. The van der Waals surface area contributed by atoms with Gasteiger partial charge in [0.1, 0.15) is 5.01 Å². The van der Waals surface area contributed by atoms with Crippen molar-refractivity contribution in [3.05, 3.63) is 40.7 Å². The van der Waals surface area contributed by atoms with Crippen molar-refractivity contribution in [3.8, 4) is 0 Å². The Kier molecular flexibility index (Phi) is 4.04. The lowest BCUT2D eigenvalue weighted by Gasteiger charge is -2.16. The topological polar surface area (TPSA) is 63.1 Å². The molecule has 0 atom stereocenters. The maximum absolute atomic E-state index is 12.4. The van der Waals surface area contributed by atoms with Crippen LogP contribution in [0.25, 0.3) is 10.2 Å². The van der Waals surface area contributed by atoms with E-state index in [0.29, 0.717) is 6.54 Å². The van der Waals surface area contributed by atoms with Crippen LogP contribution >= 0.6 is 11.3 Å². The Morgan fingerprint density at radius 1 is 1.35 bits per heavy atom. The number of hydrogen-bond donors (Lipinski definition) is 1. The number of aromatic nitrogens is 3. The summed E-state index contributed by atoms with van der Waals surface area (Å²) < 4.78 is 2.90. The van der Waals surface area contributed by atoms with Gasteiger partial charge in [-0.25, -0.2) is 9.78 Å². The van der Waals surface area contributed by atoms with Crippen molar-refractivity contribution in [2.75, 3.05) is 12.4 Å². The average molecular weight is 329 g/mol. The van der Waals surface area contributed by atoms with Gasteiger partial charge >= 0.3 is 6.03 Å². The molecule has 2 amide bonds. The summed E-state index contributed by atoms with van der Waals surface area (Å²) in [6.45, 7) is 4.29. The van der Waals surface area contributed by atoms with Gasteiger partial charge in [-0.05, 0) is 26.0 Å². The van der Waals surface area contributed by atoms with Gasteiger partial charge < -0.3 is 10.2 Å². The first-order valence-electron chi connectivity index (χ1n) is 7.32. The highest BCUT2D eigenvalue weighted by Crippen LogP contribution is 2.23. The van der Waals surface area contributed by atoms with E-state index in [-0.39, 0.29) is 6.03 Å². The molecule has 1 aromatic carbocycles. The number of rotatable bonds is 3. The van der Waals surface area contributed by atoms with Crippen LogP contribution in [-0.2, 0) is 13.6 Å². The number of nitrogens with one attached hydrogen (secondary N) is 1. The second kappa shape index (κ2) is 6.00. The van der Waals surface area contributed by atoms with E-state index in [4.69, 9.17) is 0 Å². The van der Waals surface area contributed by atoms with Crippen LogP contribution in [0.2, 0.25) is 0 Å². The molecule has 1 N–H and O–H groups in total. The molecule has 3 aromatic rings. The van der Waals surface area contributed by atoms with Crippen LogP contribution in [-0.4, -0.2) is 32.7 Å². The monoisotopic (exact) mass is 329 g/mol. The third-order valence-corrected chi connectivity index (χ3v) is 4.82. The van der Waals surface area contributed by atoms with E-state index >= 15 is 0 Å². The van der Waals surface area contributed by atoms with Gasteiger partial charge in [0.25, 0.3) is 0 Å². The average Bonchev–Trinajstić information content (AvgIpc) is 3.02. The summed E-state index contributed by atoms with van der Waals surface area (Å²) in [7, 11) is 3.63. The van der Waals surface area contributed by atoms with E-state index in [1.165, 1.54) is 0 Å². The number of benzene rings is 1. The number of para-hydroxylation sites is 1. The SMILES string of the molecule is Cc1nn(C)c(C)c1NC(=O)N(C)Cc1nc2ccccc2s1. The number of anilines is 1. The minimum Gasteiger partial charge on any atom is -0.321 e. The number of fused-ring (bicyclic) bond motifs is 1. The predicted molar refractivity (Wildman–Crippen MR) is 92.8 cm³/mol. The van der Waals surface area contributed by atoms with Crippen LogP contribution in [0.1, 0.15) is 16.4 Å². The van der Waals surface area contributed by atoms with Crippen LogP contribution in [0.15, 0.2) is 24.3 Å². The van der Waals surface area contributed by atoms with E-state index in [0.717, 1.165) is 32.3 Å². The number of thiazole rings is 1. The summed E-state index contributed by atoms with van der Waals surface area (Å²) in [5, 5.41) is 8.16. The van der Waals surface area contributed by atoms with Crippen LogP contribution in [0.4, 0.5) is 10.5 Å². The number of carbonyl (C=O) groups excluding carboxylic acids is 1. The van der Waals surface area contributed by atoms with E-state index in [1.807, 2.05) is 45.2 Å². The second-order valence-electron chi connectivity index (χ2n) is 5.53. The van der Waals surface area contributed by atoms with Crippen molar-refractivity contribution in [1.82, 2.24) is 19.7 Å². The van der Waals surface area contributed by atoms with Crippen molar-refractivity contribution in [2.45, 2.75) is 20.4 Å². The largest absolute Gasteiger partial charge is 0.322 e. The summed E-state index contributed by atoms with van der Waals surface area (Å²) in [4.78, 5) is 18.6. The summed E-state index contributed by atoms with van der Waals surface area (Å²) in [5.41, 5.74) is 3.49. The maximum atomic E-state index is 12.4. The standard InChI is InChI=1S/C16H19N5OS/c1-10-15(11(2)21(4)19-10)18-16(22)20(3)9-14-17-12-7-5-6-8-13(12)23-14/h5-8H,9H2,1-4H3,(H,18,22). The first-order valence-corrected chi connectivity index (χ1v) is 8.14. The zero-order chi connectivity index (χ0) is 16.6. The quantitative estimate of drug-likeness (QED) is 0.802. The lowest BCUT2D eigenvalue weighted by molar-refractivity contribution is 0.220. The van der Waals surface area contributed by atoms with E-state index in [2.05, 4.69) is 15.4 Å². The van der Waals surface area contributed by atoms with Crippen LogP contribution in [0.5, 0.6) is 0 Å². The Morgan fingerprint density at radius 2 is 2.09 bits per heavy atom. The van der Waals surface area contributed by atoms with Gasteiger partial charge in [-0.15, -0.1) is 11.3 Å². The lowest BCUT2D eigenvalue weighted by atomic mass is 10.3. The van der Waals surface area contributed by atoms with Crippen molar-refractivity contribution in [1.29, 1.82) is 0 Å². The molecule has 0 unspecified atom stereocenters. The molecule has 3 rings (SSSR count). The molecule has 23 heavy (non-hydrogen) atoms. The Hall–Kier alpha value is -2.41. The second-order valence-corrected chi connectivity index (χ2v) is 6.65. The third kappa shape index (κ3) is 3.05. The molecule has 120 valence electrons. The molecule has 6 nitrogen and oxygen atoms in total. The predicted octanol–water partition coefficient (Wildman–Crippen LogP) is 3.31. The molecule has 0 aliphatic rings. The number of carbonyl (C=O) groups is 1. The number of nitrogens with zero attached hydrogens (tertiary/aromatic N) is 4.